The maximum atomic E-state index is 12.4. The number of hydrogen-bond acceptors (Lipinski definition) is 2. The van der Waals surface area contributed by atoms with Crippen LogP contribution in [0.25, 0.3) is 10.8 Å². The summed E-state index contributed by atoms with van der Waals surface area (Å²) in [6.45, 7) is 0. The van der Waals surface area contributed by atoms with Crippen LogP contribution in [0, 0.1) is 0 Å². The molecule has 0 radical (unpaired) electrons. The number of aromatic hydroxyl groups is 1. The van der Waals surface area contributed by atoms with Crippen molar-refractivity contribution in [3.05, 3.63) is 76.8 Å². The minimum Gasteiger partial charge on any atom is -0.506 e. The first-order valence-electron chi connectivity index (χ1n) is 6.17. The van der Waals surface area contributed by atoms with Gasteiger partial charge in [0.05, 0.1) is 5.02 Å². The number of rotatable bonds is 2. The van der Waals surface area contributed by atoms with Crippen molar-refractivity contribution in [2.24, 2.45) is 0 Å². The number of fused-ring (bicyclic) bond motifs is 1. The van der Waals surface area contributed by atoms with E-state index in [4.69, 9.17) is 11.6 Å². The molecule has 0 aliphatic rings. The largest absolute Gasteiger partial charge is 0.506 e. The van der Waals surface area contributed by atoms with Gasteiger partial charge in [0.25, 0.3) is 0 Å². The minimum absolute atomic E-state index is 0.0262. The lowest BCUT2D eigenvalue weighted by molar-refractivity contribution is 0.103. The molecule has 0 aromatic heterocycles. The zero-order chi connectivity index (χ0) is 14.1. The second-order valence-corrected chi connectivity index (χ2v) is 4.96. The summed E-state index contributed by atoms with van der Waals surface area (Å²) in [5.41, 5.74) is 1.06. The fourth-order valence-electron chi connectivity index (χ4n) is 2.15. The number of hydrogen-bond donors (Lipinski definition) is 1. The number of carbonyl (C=O) groups is 1. The van der Waals surface area contributed by atoms with Crippen LogP contribution in [0.4, 0.5) is 0 Å². The molecule has 0 aliphatic heterocycles. The minimum atomic E-state index is -0.113. The van der Waals surface area contributed by atoms with Gasteiger partial charge in [-0.05, 0) is 35.0 Å². The number of phenols is 1. The van der Waals surface area contributed by atoms with E-state index in [0.29, 0.717) is 11.1 Å². The highest BCUT2D eigenvalue weighted by Crippen LogP contribution is 2.25. The van der Waals surface area contributed by atoms with Gasteiger partial charge in [-0.15, -0.1) is 0 Å². The van der Waals surface area contributed by atoms with Crippen LogP contribution < -0.4 is 0 Å². The highest BCUT2D eigenvalue weighted by Gasteiger charge is 2.11. The molecule has 0 atom stereocenters. The number of ketones is 1. The molecule has 3 heteroatoms. The quantitative estimate of drug-likeness (QED) is 0.706. The first kappa shape index (κ1) is 12.7. The van der Waals surface area contributed by atoms with Crippen LogP contribution in [0.5, 0.6) is 5.75 Å². The summed E-state index contributed by atoms with van der Waals surface area (Å²) >= 11 is 5.84. The molecule has 0 spiro atoms. The van der Waals surface area contributed by atoms with E-state index in [0.717, 1.165) is 10.8 Å². The molecule has 0 heterocycles. The fraction of sp³-hybridized carbons (Fsp3) is 0. The molecule has 3 aromatic carbocycles. The van der Waals surface area contributed by atoms with Crippen molar-refractivity contribution in [3.8, 4) is 5.75 Å². The molecule has 0 saturated heterocycles. The second kappa shape index (κ2) is 4.99. The third kappa shape index (κ3) is 2.26. The van der Waals surface area contributed by atoms with Crippen molar-refractivity contribution in [2.45, 2.75) is 0 Å². The van der Waals surface area contributed by atoms with Crippen LogP contribution in [0.1, 0.15) is 15.9 Å². The van der Waals surface area contributed by atoms with E-state index in [1.165, 1.54) is 12.1 Å². The van der Waals surface area contributed by atoms with Gasteiger partial charge in [-0.2, -0.15) is 0 Å². The molecule has 20 heavy (non-hydrogen) atoms. The van der Waals surface area contributed by atoms with Crippen molar-refractivity contribution in [2.75, 3.05) is 0 Å². The van der Waals surface area contributed by atoms with Gasteiger partial charge in [0.15, 0.2) is 5.78 Å². The van der Waals surface area contributed by atoms with Gasteiger partial charge in [0, 0.05) is 11.1 Å². The average Bonchev–Trinajstić information content (AvgIpc) is 2.49. The molecule has 3 aromatic rings. The Bertz CT molecular complexity index is 809. The summed E-state index contributed by atoms with van der Waals surface area (Å²) in [7, 11) is 0. The van der Waals surface area contributed by atoms with E-state index in [2.05, 4.69) is 0 Å². The third-order valence-electron chi connectivity index (χ3n) is 3.22. The summed E-state index contributed by atoms with van der Waals surface area (Å²) in [4.78, 5) is 12.4. The van der Waals surface area contributed by atoms with E-state index in [-0.39, 0.29) is 16.6 Å². The van der Waals surface area contributed by atoms with Gasteiger partial charge in [-0.25, -0.2) is 0 Å². The monoisotopic (exact) mass is 282 g/mol. The Morgan fingerprint density at radius 1 is 0.850 bits per heavy atom. The Hall–Kier alpha value is -2.32. The van der Waals surface area contributed by atoms with Gasteiger partial charge < -0.3 is 5.11 Å². The van der Waals surface area contributed by atoms with Crippen molar-refractivity contribution < 1.29 is 9.90 Å². The molecule has 0 aliphatic carbocycles. The molecular formula is C17H11ClO2. The lowest BCUT2D eigenvalue weighted by Crippen LogP contribution is -2.01. The van der Waals surface area contributed by atoms with Gasteiger partial charge in [-0.3, -0.25) is 4.79 Å². The Morgan fingerprint density at radius 2 is 1.50 bits per heavy atom. The summed E-state index contributed by atoms with van der Waals surface area (Å²) in [6.07, 6.45) is 0. The van der Waals surface area contributed by atoms with Crippen molar-refractivity contribution in [1.82, 2.24) is 0 Å². The number of benzene rings is 3. The van der Waals surface area contributed by atoms with Crippen molar-refractivity contribution >= 4 is 28.2 Å². The molecule has 0 unspecified atom stereocenters. The van der Waals surface area contributed by atoms with Gasteiger partial charge in [-0.1, -0.05) is 48.0 Å². The van der Waals surface area contributed by atoms with Gasteiger partial charge >= 0.3 is 0 Å². The van der Waals surface area contributed by atoms with E-state index >= 15 is 0 Å². The molecule has 0 amide bonds. The summed E-state index contributed by atoms with van der Waals surface area (Å²) in [5.74, 6) is -0.139. The zero-order valence-corrected chi connectivity index (χ0v) is 11.3. The smallest absolute Gasteiger partial charge is 0.193 e. The number of phenolic OH excluding ortho intramolecular Hbond substituents is 1. The summed E-state index contributed by atoms with van der Waals surface area (Å²) in [6, 6.07) is 17.9. The van der Waals surface area contributed by atoms with Crippen molar-refractivity contribution in [3.63, 3.8) is 0 Å². The second-order valence-electron chi connectivity index (χ2n) is 4.56. The first-order valence-corrected chi connectivity index (χ1v) is 6.55. The Balaban J connectivity index is 2.05. The predicted octanol–water partition coefficient (Wildman–Crippen LogP) is 4.43. The first-order chi connectivity index (χ1) is 9.65. The average molecular weight is 283 g/mol. The molecular weight excluding hydrogens is 272 g/mol. The van der Waals surface area contributed by atoms with Crippen LogP contribution in [0.15, 0.2) is 60.7 Å². The Morgan fingerprint density at radius 3 is 2.25 bits per heavy atom. The van der Waals surface area contributed by atoms with Crippen LogP contribution in [-0.2, 0) is 0 Å². The number of halogens is 1. The molecule has 0 bridgehead atoms. The summed E-state index contributed by atoms with van der Waals surface area (Å²) in [5, 5.41) is 11.7. The van der Waals surface area contributed by atoms with Crippen molar-refractivity contribution in [1.29, 1.82) is 0 Å². The molecule has 0 saturated carbocycles. The van der Waals surface area contributed by atoms with Crippen LogP contribution >= 0.6 is 11.6 Å². The predicted molar refractivity (Wildman–Crippen MR) is 80.5 cm³/mol. The normalized spacial score (nSPS) is 10.7. The van der Waals surface area contributed by atoms with Gasteiger partial charge in [0.2, 0.25) is 0 Å². The third-order valence-corrected chi connectivity index (χ3v) is 3.52. The maximum Gasteiger partial charge on any atom is 0.193 e. The molecule has 2 nitrogen and oxygen atoms in total. The van der Waals surface area contributed by atoms with E-state index < -0.39 is 0 Å². The molecule has 3 rings (SSSR count). The lowest BCUT2D eigenvalue weighted by atomic mass is 10.00. The SMILES string of the molecule is O=C(c1ccc(O)c(Cl)c1)c1ccc2ccccc2c1. The lowest BCUT2D eigenvalue weighted by Gasteiger charge is -2.05. The van der Waals surface area contributed by atoms with E-state index in [1.54, 1.807) is 12.1 Å². The standard InChI is InChI=1S/C17H11ClO2/c18-15-10-14(7-8-16(15)19)17(20)13-6-5-11-3-1-2-4-12(11)9-13/h1-10,19H. The zero-order valence-electron chi connectivity index (χ0n) is 10.5. The topological polar surface area (TPSA) is 37.3 Å². The molecule has 1 N–H and O–H groups in total. The molecule has 98 valence electrons. The van der Waals surface area contributed by atoms with Gasteiger partial charge in [0.1, 0.15) is 5.75 Å². The van der Waals surface area contributed by atoms with E-state index in [9.17, 15) is 9.90 Å². The van der Waals surface area contributed by atoms with Crippen LogP contribution in [0.2, 0.25) is 5.02 Å². The molecule has 0 fully saturated rings. The fourth-order valence-corrected chi connectivity index (χ4v) is 2.33. The maximum absolute atomic E-state index is 12.4. The van der Waals surface area contributed by atoms with E-state index in [1.807, 2.05) is 36.4 Å². The Kier molecular flexibility index (Phi) is 3.17. The highest BCUT2D eigenvalue weighted by molar-refractivity contribution is 6.32. The highest BCUT2D eigenvalue weighted by atomic mass is 35.5. The number of carbonyl (C=O) groups excluding carboxylic acids is 1. The van der Waals surface area contributed by atoms with Crippen LogP contribution in [-0.4, -0.2) is 10.9 Å². The Labute approximate surface area is 121 Å². The van der Waals surface area contributed by atoms with Crippen LogP contribution in [0.3, 0.4) is 0 Å². The summed E-state index contributed by atoms with van der Waals surface area (Å²) < 4.78 is 0.